The molecule has 194 valence electrons. The summed E-state index contributed by atoms with van der Waals surface area (Å²) in [5.41, 5.74) is -7.56. The third-order valence-electron chi connectivity index (χ3n) is 9.51. The zero-order valence-corrected chi connectivity index (χ0v) is 20.7. The lowest BCUT2D eigenvalue weighted by Crippen LogP contribution is -2.71. The largest absolute Gasteiger partial charge is 0.478 e. The molecule has 5 rings (SSSR count). The highest BCUT2D eigenvalue weighted by Gasteiger charge is 2.78. The first kappa shape index (κ1) is 25.1. The molecule has 10 heteroatoms. The van der Waals surface area contributed by atoms with Gasteiger partial charge in [-0.1, -0.05) is 19.9 Å². The highest BCUT2D eigenvalue weighted by atomic mass is 35.5. The zero-order chi connectivity index (χ0) is 26.4. The average molecular weight is 525 g/mol. The molecule has 1 heterocycles. The van der Waals surface area contributed by atoms with Crippen molar-refractivity contribution in [3.8, 4) is 0 Å². The molecular formula is C26H27ClF2O7. The number of hydrogen-bond donors (Lipinski definition) is 2. The first-order valence-corrected chi connectivity index (χ1v) is 12.3. The summed E-state index contributed by atoms with van der Waals surface area (Å²) >= 11 is 5.76. The number of carboxylic acids is 1. The summed E-state index contributed by atoms with van der Waals surface area (Å²) < 4.78 is 43.6. The number of furan rings is 1. The fourth-order valence-corrected chi connectivity index (χ4v) is 8.01. The van der Waals surface area contributed by atoms with Gasteiger partial charge in [-0.2, -0.15) is 0 Å². The summed E-state index contributed by atoms with van der Waals surface area (Å²) in [4.78, 5) is 37.8. The van der Waals surface area contributed by atoms with Crippen molar-refractivity contribution < 1.29 is 42.5 Å². The van der Waals surface area contributed by atoms with Crippen LogP contribution in [0, 0.1) is 28.6 Å². The van der Waals surface area contributed by atoms with E-state index in [1.807, 2.05) is 0 Å². The van der Waals surface area contributed by atoms with Crippen molar-refractivity contribution in [3.05, 3.63) is 46.9 Å². The molecule has 0 amide bonds. The third-order valence-corrected chi connectivity index (χ3v) is 9.72. The molecule has 0 bridgehead atoms. The van der Waals surface area contributed by atoms with Crippen LogP contribution in [0.4, 0.5) is 8.78 Å². The number of carbonyl (C=O) groups is 3. The van der Waals surface area contributed by atoms with E-state index in [2.05, 4.69) is 0 Å². The van der Waals surface area contributed by atoms with E-state index >= 15 is 8.78 Å². The standard InChI is InChI=1S/C26H27ClF2O7/c1-12-8-14-15-10-17(28)16-9-13(30)6-7-23(16,2)25(15,29)19(31)11-24(14,3)26(12,22(33)34)36-21(32)18-4-5-20(27)35-18/h4-7,9,12,14-15,17,19,31H,8,10-11H2,1-3H3,(H,33,34)/t12-,14+,15+,17+,19+,23+,24+,25+,26+/m1/s1. The predicted molar refractivity (Wildman–Crippen MR) is 123 cm³/mol. The Balaban J connectivity index is 1.61. The molecule has 36 heavy (non-hydrogen) atoms. The number of aliphatic hydroxyl groups is 1. The minimum Gasteiger partial charge on any atom is -0.478 e. The monoisotopic (exact) mass is 524 g/mol. The van der Waals surface area contributed by atoms with E-state index < -0.39 is 69.9 Å². The second-order valence-corrected chi connectivity index (χ2v) is 11.4. The van der Waals surface area contributed by atoms with Crippen molar-refractivity contribution in [1.82, 2.24) is 0 Å². The van der Waals surface area contributed by atoms with E-state index in [9.17, 15) is 24.6 Å². The molecule has 1 aromatic rings. The normalized spacial score (nSPS) is 45.4. The molecule has 0 radical (unpaired) electrons. The van der Waals surface area contributed by atoms with Crippen LogP contribution in [0.15, 0.2) is 40.4 Å². The van der Waals surface area contributed by atoms with Gasteiger partial charge in [0.05, 0.1) is 6.10 Å². The zero-order valence-electron chi connectivity index (χ0n) is 20.0. The summed E-state index contributed by atoms with van der Waals surface area (Å²) in [6, 6.07) is 2.57. The Bertz CT molecular complexity index is 1220. The van der Waals surface area contributed by atoms with Gasteiger partial charge in [0.25, 0.3) is 0 Å². The van der Waals surface area contributed by atoms with Crippen LogP contribution >= 0.6 is 11.6 Å². The van der Waals surface area contributed by atoms with E-state index in [0.29, 0.717) is 0 Å². The number of aliphatic carboxylic acids is 1. The summed E-state index contributed by atoms with van der Waals surface area (Å²) in [5.74, 6) is -5.87. The van der Waals surface area contributed by atoms with Gasteiger partial charge in [-0.25, -0.2) is 18.4 Å². The molecule has 7 nitrogen and oxygen atoms in total. The van der Waals surface area contributed by atoms with E-state index in [4.69, 9.17) is 20.8 Å². The second kappa shape index (κ2) is 7.74. The molecule has 3 fully saturated rings. The molecule has 3 saturated carbocycles. The lowest BCUT2D eigenvalue weighted by atomic mass is 9.44. The van der Waals surface area contributed by atoms with Gasteiger partial charge in [0.15, 0.2) is 16.7 Å². The number of carbonyl (C=O) groups excluding carboxylic acids is 2. The quantitative estimate of drug-likeness (QED) is 0.560. The number of alkyl halides is 2. The molecular weight excluding hydrogens is 498 g/mol. The number of halogens is 3. The number of allylic oxidation sites excluding steroid dienone is 4. The number of ether oxygens (including phenoxy) is 1. The molecule has 4 aliphatic rings. The summed E-state index contributed by atoms with van der Waals surface area (Å²) in [6.07, 6.45) is -0.344. The van der Waals surface area contributed by atoms with Crippen molar-refractivity contribution in [2.45, 2.75) is 63.6 Å². The molecule has 0 unspecified atom stereocenters. The van der Waals surface area contributed by atoms with Gasteiger partial charge in [-0.3, -0.25) is 4.79 Å². The average Bonchev–Trinajstić information content (AvgIpc) is 3.32. The molecule has 1 aromatic heterocycles. The van der Waals surface area contributed by atoms with E-state index in [1.54, 1.807) is 13.8 Å². The Morgan fingerprint density at radius 1 is 1.22 bits per heavy atom. The maximum atomic E-state index is 17.2. The Labute approximate surface area is 211 Å². The number of aliphatic hydroxyl groups excluding tert-OH is 1. The van der Waals surface area contributed by atoms with Crippen LogP contribution in [-0.4, -0.2) is 51.5 Å². The molecule has 4 aliphatic carbocycles. The van der Waals surface area contributed by atoms with Gasteiger partial charge < -0.3 is 19.4 Å². The Morgan fingerprint density at radius 3 is 2.53 bits per heavy atom. The molecule has 0 saturated heterocycles. The van der Waals surface area contributed by atoms with Crippen LogP contribution in [0.1, 0.15) is 50.6 Å². The van der Waals surface area contributed by atoms with Crippen molar-refractivity contribution in [3.63, 3.8) is 0 Å². The van der Waals surface area contributed by atoms with Crippen molar-refractivity contribution in [2.75, 3.05) is 0 Å². The Kier molecular flexibility index (Phi) is 5.41. The highest BCUT2D eigenvalue weighted by molar-refractivity contribution is 6.29. The van der Waals surface area contributed by atoms with Crippen molar-refractivity contribution in [1.29, 1.82) is 0 Å². The molecule has 0 spiro atoms. The number of esters is 1. The topological polar surface area (TPSA) is 114 Å². The SMILES string of the molecule is C[C@@H]1C[C@H]2[C@@H]3C[C@H](F)C4=CC(=O)C=C[C@]4(C)[C@@]3(F)[C@@H](O)C[C@]2(C)[C@@]1(OC(=O)c1ccc(Cl)o1)C(=O)O. The van der Waals surface area contributed by atoms with E-state index in [-0.39, 0.29) is 35.8 Å². The molecule has 0 aliphatic heterocycles. The summed E-state index contributed by atoms with van der Waals surface area (Å²) in [5, 5.41) is 21.8. The fraction of sp³-hybridized carbons (Fsp3) is 0.577. The molecule has 2 N–H and O–H groups in total. The van der Waals surface area contributed by atoms with Crippen LogP contribution < -0.4 is 0 Å². The first-order valence-electron chi connectivity index (χ1n) is 11.9. The minimum atomic E-state index is -2.37. The smallest absolute Gasteiger partial charge is 0.375 e. The Hall–Kier alpha value is -2.52. The summed E-state index contributed by atoms with van der Waals surface area (Å²) in [6.45, 7) is 4.62. The number of ketones is 1. The number of fused-ring (bicyclic) bond motifs is 5. The lowest BCUT2D eigenvalue weighted by molar-refractivity contribution is -0.229. The van der Waals surface area contributed by atoms with Gasteiger partial charge in [-0.05, 0) is 73.6 Å². The molecule has 9 atom stereocenters. The van der Waals surface area contributed by atoms with E-state index in [1.165, 1.54) is 31.2 Å². The van der Waals surface area contributed by atoms with Crippen LogP contribution in [0.3, 0.4) is 0 Å². The van der Waals surface area contributed by atoms with Crippen LogP contribution in [0.2, 0.25) is 5.22 Å². The first-order chi connectivity index (χ1) is 16.7. The summed E-state index contributed by atoms with van der Waals surface area (Å²) in [7, 11) is 0. The number of rotatable bonds is 3. The maximum absolute atomic E-state index is 17.2. The minimum absolute atomic E-state index is 0.0203. The number of carboxylic acid groups (broad SMARTS) is 1. The Morgan fingerprint density at radius 2 is 1.92 bits per heavy atom. The van der Waals surface area contributed by atoms with Gasteiger partial charge in [0.2, 0.25) is 11.4 Å². The molecule has 0 aromatic carbocycles. The van der Waals surface area contributed by atoms with Crippen molar-refractivity contribution >= 4 is 29.3 Å². The van der Waals surface area contributed by atoms with Crippen molar-refractivity contribution in [2.24, 2.45) is 28.6 Å². The van der Waals surface area contributed by atoms with Gasteiger partial charge in [-0.15, -0.1) is 0 Å². The highest BCUT2D eigenvalue weighted by Crippen LogP contribution is 2.71. The number of hydrogen-bond acceptors (Lipinski definition) is 6. The van der Waals surface area contributed by atoms with Crippen LogP contribution in [0.25, 0.3) is 0 Å². The maximum Gasteiger partial charge on any atom is 0.375 e. The predicted octanol–water partition coefficient (Wildman–Crippen LogP) is 4.48. The lowest BCUT2D eigenvalue weighted by Gasteiger charge is -2.62. The van der Waals surface area contributed by atoms with Gasteiger partial charge in [0, 0.05) is 22.7 Å². The third kappa shape index (κ3) is 2.90. The fourth-order valence-electron chi connectivity index (χ4n) is 7.86. The second-order valence-electron chi connectivity index (χ2n) is 11.0. The van der Waals surface area contributed by atoms with Crippen LogP contribution in [-0.2, 0) is 14.3 Å². The van der Waals surface area contributed by atoms with E-state index in [0.717, 1.165) is 6.08 Å². The van der Waals surface area contributed by atoms with Crippen LogP contribution in [0.5, 0.6) is 0 Å². The van der Waals surface area contributed by atoms with Gasteiger partial charge in [0.1, 0.15) is 6.17 Å². The van der Waals surface area contributed by atoms with Gasteiger partial charge >= 0.3 is 11.9 Å².